The lowest BCUT2D eigenvalue weighted by Gasteiger charge is -2.42. The summed E-state index contributed by atoms with van der Waals surface area (Å²) in [5.74, 6) is 0. The van der Waals surface area contributed by atoms with Crippen LogP contribution in [0, 0.1) is 0 Å². The maximum absolute atomic E-state index is 9.14. The molecule has 0 aromatic heterocycles. The number of nitrogens with zero attached hydrogens (tertiary/aromatic N) is 1. The zero-order chi connectivity index (χ0) is 10.0. The minimum absolute atomic E-state index is 0.211. The smallest absolute Gasteiger partial charge is 0.0449 e. The van der Waals surface area contributed by atoms with E-state index in [4.69, 9.17) is 5.11 Å². The van der Waals surface area contributed by atoms with Gasteiger partial charge in [-0.05, 0) is 45.7 Å². The van der Waals surface area contributed by atoms with Crippen molar-refractivity contribution in [1.82, 2.24) is 10.2 Å². The van der Waals surface area contributed by atoms with Crippen LogP contribution < -0.4 is 5.32 Å². The van der Waals surface area contributed by atoms with Gasteiger partial charge in [0.25, 0.3) is 0 Å². The summed E-state index contributed by atoms with van der Waals surface area (Å²) >= 11 is 0. The third-order valence-corrected chi connectivity index (χ3v) is 3.45. The van der Waals surface area contributed by atoms with E-state index in [2.05, 4.69) is 17.3 Å². The molecule has 1 saturated heterocycles. The molecule has 2 fully saturated rings. The van der Waals surface area contributed by atoms with Crippen molar-refractivity contribution in [2.24, 2.45) is 0 Å². The molecule has 1 aliphatic heterocycles. The first-order chi connectivity index (χ1) is 6.74. The van der Waals surface area contributed by atoms with Gasteiger partial charge in [-0.15, -0.1) is 0 Å². The average Bonchev–Trinajstić information content (AvgIpc) is 2.88. The second kappa shape index (κ2) is 4.17. The van der Waals surface area contributed by atoms with Crippen molar-refractivity contribution < 1.29 is 5.11 Å². The van der Waals surface area contributed by atoms with E-state index in [0.29, 0.717) is 6.61 Å². The molecule has 14 heavy (non-hydrogen) atoms. The standard InChI is InChI=1S/C11H22N2O/c1-13-7-2-5-11(9-13,6-8-14)12-10-3-4-10/h10,12,14H,2-9H2,1H3. The number of likely N-dealkylation sites (N-methyl/N-ethyl adjacent to an activating group) is 1. The van der Waals surface area contributed by atoms with Crippen LogP contribution in [0.4, 0.5) is 0 Å². The second-order valence-electron chi connectivity index (χ2n) is 5.01. The van der Waals surface area contributed by atoms with Gasteiger partial charge in [-0.3, -0.25) is 0 Å². The molecule has 82 valence electrons. The van der Waals surface area contributed by atoms with Crippen LogP contribution in [-0.4, -0.2) is 48.3 Å². The topological polar surface area (TPSA) is 35.5 Å². The van der Waals surface area contributed by atoms with Gasteiger partial charge in [0.2, 0.25) is 0 Å². The zero-order valence-corrected chi connectivity index (χ0v) is 9.13. The predicted octanol–water partition coefficient (Wildman–Crippen LogP) is 0.585. The molecule has 1 saturated carbocycles. The molecule has 3 nitrogen and oxygen atoms in total. The van der Waals surface area contributed by atoms with Crippen LogP contribution in [0.5, 0.6) is 0 Å². The first-order valence-electron chi connectivity index (χ1n) is 5.81. The lowest BCUT2D eigenvalue weighted by atomic mass is 9.86. The summed E-state index contributed by atoms with van der Waals surface area (Å²) in [6, 6.07) is 0.744. The Kier molecular flexibility index (Phi) is 3.10. The largest absolute Gasteiger partial charge is 0.396 e. The number of likely N-dealkylation sites (tertiary alicyclic amines) is 1. The third-order valence-electron chi connectivity index (χ3n) is 3.45. The lowest BCUT2D eigenvalue weighted by Crippen LogP contribution is -2.57. The van der Waals surface area contributed by atoms with E-state index in [1.54, 1.807) is 0 Å². The molecule has 1 aliphatic carbocycles. The molecule has 1 unspecified atom stereocenters. The van der Waals surface area contributed by atoms with Gasteiger partial charge >= 0.3 is 0 Å². The quantitative estimate of drug-likeness (QED) is 0.694. The van der Waals surface area contributed by atoms with E-state index in [0.717, 1.165) is 19.0 Å². The zero-order valence-electron chi connectivity index (χ0n) is 9.13. The van der Waals surface area contributed by atoms with E-state index < -0.39 is 0 Å². The Bertz CT molecular complexity index is 186. The van der Waals surface area contributed by atoms with Crippen LogP contribution in [0.1, 0.15) is 32.1 Å². The SMILES string of the molecule is CN1CCCC(CCO)(NC2CC2)C1. The Morgan fingerprint density at radius 3 is 2.86 bits per heavy atom. The molecule has 0 bridgehead atoms. The highest BCUT2D eigenvalue weighted by atomic mass is 16.3. The van der Waals surface area contributed by atoms with Crippen molar-refractivity contribution in [2.45, 2.75) is 43.7 Å². The summed E-state index contributed by atoms with van der Waals surface area (Å²) in [4.78, 5) is 2.38. The Morgan fingerprint density at radius 2 is 2.29 bits per heavy atom. The monoisotopic (exact) mass is 198 g/mol. The first kappa shape index (κ1) is 10.4. The van der Waals surface area contributed by atoms with Gasteiger partial charge in [0.1, 0.15) is 0 Å². The number of aliphatic hydroxyl groups is 1. The fraction of sp³-hybridized carbons (Fsp3) is 1.00. The average molecular weight is 198 g/mol. The van der Waals surface area contributed by atoms with E-state index >= 15 is 0 Å². The fourth-order valence-electron chi connectivity index (χ4n) is 2.63. The highest BCUT2D eigenvalue weighted by molar-refractivity contribution is 4.99. The molecule has 1 heterocycles. The molecule has 1 atom stereocenters. The normalized spacial score (nSPS) is 34.7. The molecule has 2 N–H and O–H groups in total. The van der Waals surface area contributed by atoms with Crippen LogP contribution in [0.25, 0.3) is 0 Å². The third kappa shape index (κ3) is 2.47. The van der Waals surface area contributed by atoms with E-state index in [1.165, 1.54) is 32.2 Å². The maximum Gasteiger partial charge on any atom is 0.0449 e. The van der Waals surface area contributed by atoms with Crippen molar-refractivity contribution in [3.05, 3.63) is 0 Å². The molecule has 0 amide bonds. The van der Waals surface area contributed by atoms with Crippen molar-refractivity contribution in [2.75, 3.05) is 26.7 Å². The van der Waals surface area contributed by atoms with Crippen LogP contribution in [0.15, 0.2) is 0 Å². The summed E-state index contributed by atoms with van der Waals surface area (Å²) in [7, 11) is 2.18. The molecule has 0 radical (unpaired) electrons. The number of hydrogen-bond donors (Lipinski definition) is 2. The highest BCUT2D eigenvalue weighted by Crippen LogP contribution is 2.29. The van der Waals surface area contributed by atoms with Gasteiger partial charge in [0, 0.05) is 24.7 Å². The number of piperidine rings is 1. The molecule has 3 heteroatoms. The molecular weight excluding hydrogens is 176 g/mol. The lowest BCUT2D eigenvalue weighted by molar-refractivity contribution is 0.111. The Hall–Kier alpha value is -0.120. The molecule has 0 aromatic rings. The van der Waals surface area contributed by atoms with Crippen molar-refractivity contribution >= 4 is 0 Å². The Morgan fingerprint density at radius 1 is 1.50 bits per heavy atom. The molecule has 2 rings (SSSR count). The molecular formula is C11H22N2O. The van der Waals surface area contributed by atoms with Crippen molar-refractivity contribution in [3.63, 3.8) is 0 Å². The number of aliphatic hydroxyl groups excluding tert-OH is 1. The van der Waals surface area contributed by atoms with Gasteiger partial charge in [-0.1, -0.05) is 0 Å². The minimum Gasteiger partial charge on any atom is -0.396 e. The van der Waals surface area contributed by atoms with E-state index in [-0.39, 0.29) is 5.54 Å². The van der Waals surface area contributed by atoms with Crippen LogP contribution in [0.2, 0.25) is 0 Å². The molecule has 0 spiro atoms. The number of hydrogen-bond acceptors (Lipinski definition) is 3. The summed E-state index contributed by atoms with van der Waals surface area (Å²) < 4.78 is 0. The summed E-state index contributed by atoms with van der Waals surface area (Å²) in [5, 5.41) is 12.9. The summed E-state index contributed by atoms with van der Waals surface area (Å²) in [6.45, 7) is 2.62. The van der Waals surface area contributed by atoms with E-state index in [9.17, 15) is 0 Å². The van der Waals surface area contributed by atoms with Gasteiger partial charge in [0.15, 0.2) is 0 Å². The summed E-state index contributed by atoms with van der Waals surface area (Å²) in [5.41, 5.74) is 0.211. The Labute approximate surface area is 86.5 Å². The molecule has 2 aliphatic rings. The van der Waals surface area contributed by atoms with Crippen LogP contribution in [0.3, 0.4) is 0 Å². The first-order valence-corrected chi connectivity index (χ1v) is 5.81. The number of rotatable bonds is 4. The fourth-order valence-corrected chi connectivity index (χ4v) is 2.63. The van der Waals surface area contributed by atoms with Crippen molar-refractivity contribution in [1.29, 1.82) is 0 Å². The highest BCUT2D eigenvalue weighted by Gasteiger charge is 2.38. The second-order valence-corrected chi connectivity index (χ2v) is 5.01. The van der Waals surface area contributed by atoms with Crippen molar-refractivity contribution in [3.8, 4) is 0 Å². The van der Waals surface area contributed by atoms with Gasteiger partial charge in [0.05, 0.1) is 0 Å². The maximum atomic E-state index is 9.14. The van der Waals surface area contributed by atoms with E-state index in [1.807, 2.05) is 0 Å². The summed E-state index contributed by atoms with van der Waals surface area (Å²) in [6.07, 6.45) is 6.06. The number of nitrogens with one attached hydrogen (secondary N) is 1. The van der Waals surface area contributed by atoms with Gasteiger partial charge in [-0.25, -0.2) is 0 Å². The van der Waals surface area contributed by atoms with Gasteiger partial charge < -0.3 is 15.3 Å². The minimum atomic E-state index is 0.211. The Balaban J connectivity index is 1.95. The predicted molar refractivity (Wildman–Crippen MR) is 57.3 cm³/mol. The van der Waals surface area contributed by atoms with Crippen LogP contribution >= 0.6 is 0 Å². The molecule has 0 aromatic carbocycles. The van der Waals surface area contributed by atoms with Crippen LogP contribution in [-0.2, 0) is 0 Å². The van der Waals surface area contributed by atoms with Gasteiger partial charge in [-0.2, -0.15) is 0 Å².